The highest BCUT2D eigenvalue weighted by Crippen LogP contribution is 2.39. The van der Waals surface area contributed by atoms with Crippen molar-refractivity contribution < 1.29 is 9.90 Å². The SMILES string of the molecule is CC(C)(C)c1cc(/C=N/NC(=O)Cn2ccccc2=O)cc(C(C)(C)C)c1O. The number of hydrazone groups is 1. The Kier molecular flexibility index (Phi) is 6.12. The van der Waals surface area contributed by atoms with Gasteiger partial charge in [0.1, 0.15) is 12.3 Å². The van der Waals surface area contributed by atoms with Gasteiger partial charge in [0.05, 0.1) is 6.21 Å². The van der Waals surface area contributed by atoms with E-state index in [0.29, 0.717) is 5.75 Å². The second-order valence-corrected chi connectivity index (χ2v) is 8.92. The minimum absolute atomic E-state index is 0.104. The van der Waals surface area contributed by atoms with Gasteiger partial charge in [0.15, 0.2) is 0 Å². The molecule has 0 saturated carbocycles. The smallest absolute Gasteiger partial charge is 0.260 e. The van der Waals surface area contributed by atoms with Gasteiger partial charge in [-0.3, -0.25) is 9.59 Å². The summed E-state index contributed by atoms with van der Waals surface area (Å²) < 4.78 is 1.31. The number of phenols is 1. The van der Waals surface area contributed by atoms with Crippen molar-refractivity contribution in [1.82, 2.24) is 9.99 Å². The fourth-order valence-corrected chi connectivity index (χ4v) is 2.83. The van der Waals surface area contributed by atoms with Gasteiger partial charge in [-0.25, -0.2) is 5.43 Å². The second kappa shape index (κ2) is 8.00. The standard InChI is InChI=1S/C22H29N3O3/c1-21(2,3)16-11-15(12-17(20(16)28)22(4,5)6)13-23-24-18(26)14-25-10-8-7-9-19(25)27/h7-13,28H,14H2,1-6H3,(H,24,26)/b23-13+. The summed E-state index contributed by atoms with van der Waals surface area (Å²) in [6.45, 7) is 12.1. The Morgan fingerprint density at radius 1 is 1.11 bits per heavy atom. The van der Waals surface area contributed by atoms with Crippen LogP contribution in [0.25, 0.3) is 0 Å². The van der Waals surface area contributed by atoms with Crippen molar-refractivity contribution >= 4 is 12.1 Å². The summed E-state index contributed by atoms with van der Waals surface area (Å²) in [6, 6.07) is 8.47. The number of benzene rings is 1. The van der Waals surface area contributed by atoms with Gasteiger partial charge >= 0.3 is 0 Å². The molecule has 0 bridgehead atoms. The van der Waals surface area contributed by atoms with Gasteiger partial charge in [-0.05, 0) is 34.6 Å². The van der Waals surface area contributed by atoms with Gasteiger partial charge < -0.3 is 9.67 Å². The number of nitrogens with zero attached hydrogens (tertiary/aromatic N) is 2. The molecular formula is C22H29N3O3. The number of hydrogen-bond acceptors (Lipinski definition) is 4. The van der Waals surface area contributed by atoms with E-state index in [2.05, 4.69) is 10.5 Å². The molecule has 0 aliphatic carbocycles. The topological polar surface area (TPSA) is 83.7 Å². The van der Waals surface area contributed by atoms with Gasteiger partial charge in [-0.15, -0.1) is 0 Å². The van der Waals surface area contributed by atoms with E-state index >= 15 is 0 Å². The number of rotatable bonds is 4. The average molecular weight is 383 g/mol. The molecule has 0 saturated heterocycles. The lowest BCUT2D eigenvalue weighted by atomic mass is 9.78. The zero-order valence-corrected chi connectivity index (χ0v) is 17.4. The number of amides is 1. The van der Waals surface area contributed by atoms with Gasteiger partial charge in [0.2, 0.25) is 0 Å². The van der Waals surface area contributed by atoms with Crippen LogP contribution >= 0.6 is 0 Å². The molecule has 2 N–H and O–H groups in total. The maximum atomic E-state index is 12.0. The first-order chi connectivity index (χ1) is 12.9. The van der Waals surface area contributed by atoms with Crippen LogP contribution in [0.2, 0.25) is 0 Å². The first-order valence-corrected chi connectivity index (χ1v) is 9.25. The van der Waals surface area contributed by atoms with Crippen molar-refractivity contribution in [3.05, 3.63) is 63.6 Å². The van der Waals surface area contributed by atoms with Crippen molar-refractivity contribution in [2.45, 2.75) is 58.9 Å². The molecule has 0 radical (unpaired) electrons. The Morgan fingerprint density at radius 3 is 2.18 bits per heavy atom. The zero-order valence-electron chi connectivity index (χ0n) is 17.4. The van der Waals surface area contributed by atoms with E-state index in [1.54, 1.807) is 24.5 Å². The van der Waals surface area contributed by atoms with Gasteiger partial charge in [-0.2, -0.15) is 5.10 Å². The predicted octanol–water partition coefficient (Wildman–Crippen LogP) is 3.30. The van der Waals surface area contributed by atoms with Crippen LogP contribution in [0.4, 0.5) is 0 Å². The van der Waals surface area contributed by atoms with Crippen molar-refractivity contribution in [3.63, 3.8) is 0 Å². The van der Waals surface area contributed by atoms with Crippen LogP contribution < -0.4 is 11.0 Å². The molecule has 0 aliphatic rings. The van der Waals surface area contributed by atoms with Crippen LogP contribution in [0.1, 0.15) is 58.2 Å². The van der Waals surface area contributed by atoms with E-state index in [1.165, 1.54) is 10.6 Å². The molecular weight excluding hydrogens is 354 g/mol. The van der Waals surface area contributed by atoms with E-state index in [-0.39, 0.29) is 22.9 Å². The molecule has 150 valence electrons. The molecule has 28 heavy (non-hydrogen) atoms. The third kappa shape index (κ3) is 5.31. The van der Waals surface area contributed by atoms with Crippen LogP contribution in [-0.4, -0.2) is 21.8 Å². The molecule has 0 spiro atoms. The first kappa shape index (κ1) is 21.4. The molecule has 1 heterocycles. The minimum Gasteiger partial charge on any atom is -0.507 e. The Morgan fingerprint density at radius 2 is 1.68 bits per heavy atom. The second-order valence-electron chi connectivity index (χ2n) is 8.92. The van der Waals surface area contributed by atoms with Crippen molar-refractivity contribution in [2.24, 2.45) is 5.10 Å². The highest BCUT2D eigenvalue weighted by molar-refractivity contribution is 5.83. The fraction of sp³-hybridized carbons (Fsp3) is 0.409. The van der Waals surface area contributed by atoms with Crippen molar-refractivity contribution in [1.29, 1.82) is 0 Å². The Balaban J connectivity index is 2.24. The lowest BCUT2D eigenvalue weighted by molar-refractivity contribution is -0.121. The Hall–Kier alpha value is -2.89. The van der Waals surface area contributed by atoms with E-state index in [1.807, 2.05) is 53.7 Å². The van der Waals surface area contributed by atoms with Gasteiger partial charge in [0, 0.05) is 23.4 Å². The van der Waals surface area contributed by atoms with E-state index in [9.17, 15) is 14.7 Å². The highest BCUT2D eigenvalue weighted by atomic mass is 16.3. The molecule has 1 amide bonds. The lowest BCUT2D eigenvalue weighted by Gasteiger charge is -2.27. The van der Waals surface area contributed by atoms with Crippen molar-refractivity contribution in [3.8, 4) is 5.75 Å². The number of nitrogens with one attached hydrogen (secondary N) is 1. The molecule has 6 heteroatoms. The maximum absolute atomic E-state index is 12.0. The normalized spacial score (nSPS) is 12.4. The van der Waals surface area contributed by atoms with Gasteiger partial charge in [-0.1, -0.05) is 47.6 Å². The number of carbonyl (C=O) groups excluding carboxylic acids is 1. The molecule has 0 aliphatic heterocycles. The maximum Gasteiger partial charge on any atom is 0.260 e. The number of aromatic hydroxyl groups is 1. The van der Waals surface area contributed by atoms with Gasteiger partial charge in [0.25, 0.3) is 11.5 Å². The van der Waals surface area contributed by atoms with Crippen LogP contribution in [0.5, 0.6) is 5.75 Å². The predicted molar refractivity (Wildman–Crippen MR) is 112 cm³/mol. The molecule has 1 aromatic carbocycles. The number of carbonyl (C=O) groups is 1. The molecule has 0 atom stereocenters. The molecule has 0 fully saturated rings. The molecule has 6 nitrogen and oxygen atoms in total. The largest absolute Gasteiger partial charge is 0.507 e. The molecule has 2 rings (SSSR count). The summed E-state index contributed by atoms with van der Waals surface area (Å²) in [7, 11) is 0. The Bertz CT molecular complexity index is 909. The summed E-state index contributed by atoms with van der Waals surface area (Å²) in [6.07, 6.45) is 3.10. The number of aromatic nitrogens is 1. The zero-order chi connectivity index (χ0) is 21.1. The van der Waals surface area contributed by atoms with Crippen molar-refractivity contribution in [2.75, 3.05) is 0 Å². The summed E-state index contributed by atoms with van der Waals surface area (Å²) >= 11 is 0. The van der Waals surface area contributed by atoms with E-state index in [4.69, 9.17) is 0 Å². The average Bonchev–Trinajstić information content (AvgIpc) is 2.56. The molecule has 0 unspecified atom stereocenters. The number of phenolic OH excluding ortho intramolecular Hbond substituents is 1. The number of hydrogen-bond donors (Lipinski definition) is 2. The summed E-state index contributed by atoms with van der Waals surface area (Å²) in [5.41, 5.74) is 4.14. The molecule has 2 aromatic rings. The minimum atomic E-state index is -0.393. The van der Waals surface area contributed by atoms with E-state index in [0.717, 1.165) is 16.7 Å². The quantitative estimate of drug-likeness (QED) is 0.628. The fourth-order valence-electron chi connectivity index (χ4n) is 2.83. The summed E-state index contributed by atoms with van der Waals surface area (Å²) in [5, 5.41) is 14.8. The number of pyridine rings is 1. The van der Waals surface area contributed by atoms with Crippen LogP contribution in [-0.2, 0) is 22.2 Å². The van der Waals surface area contributed by atoms with Crippen LogP contribution in [0.15, 0.2) is 46.4 Å². The first-order valence-electron chi connectivity index (χ1n) is 9.25. The lowest BCUT2D eigenvalue weighted by Crippen LogP contribution is -2.29. The molecule has 1 aromatic heterocycles. The van der Waals surface area contributed by atoms with Crippen LogP contribution in [0, 0.1) is 0 Å². The third-order valence-electron chi connectivity index (χ3n) is 4.36. The summed E-state index contributed by atoms with van der Waals surface area (Å²) in [4.78, 5) is 23.7. The summed E-state index contributed by atoms with van der Waals surface area (Å²) in [5.74, 6) is -0.0972. The third-order valence-corrected chi connectivity index (χ3v) is 4.36. The monoisotopic (exact) mass is 383 g/mol. The Labute approximate surface area is 165 Å². The van der Waals surface area contributed by atoms with Crippen LogP contribution in [0.3, 0.4) is 0 Å². The van der Waals surface area contributed by atoms with E-state index < -0.39 is 5.91 Å². The highest BCUT2D eigenvalue weighted by Gasteiger charge is 2.26.